The van der Waals surface area contributed by atoms with Crippen molar-refractivity contribution in [2.45, 2.75) is 18.8 Å². The maximum Gasteiger partial charge on any atom is 0.205 e. The number of hydrogen-bond acceptors (Lipinski definition) is 5. The number of benzene rings is 1. The Morgan fingerprint density at radius 2 is 1.96 bits per heavy atom. The van der Waals surface area contributed by atoms with E-state index in [-0.39, 0.29) is 37.9 Å². The number of rotatable bonds is 1. The number of halogens is 2. The molecule has 0 aliphatic carbocycles. The summed E-state index contributed by atoms with van der Waals surface area (Å²) in [6.07, 6.45) is 0.881. The van der Waals surface area contributed by atoms with Crippen molar-refractivity contribution in [2.75, 3.05) is 5.75 Å². The smallest absolute Gasteiger partial charge is 0.205 e. The van der Waals surface area contributed by atoms with Crippen molar-refractivity contribution in [1.29, 1.82) is 5.26 Å². The van der Waals surface area contributed by atoms with Gasteiger partial charge >= 0.3 is 0 Å². The molecule has 0 amide bonds. The molecule has 8 heteroatoms. The van der Waals surface area contributed by atoms with Crippen LogP contribution in [-0.4, -0.2) is 14.2 Å². The standard InChI is InChI=1S/C15H12Cl2N2O3S/c16-9-3-1-4-10(17)13(9)12-8(7-18)15(19)22-11-5-2-6-23(20,21)14(11)12/h1,3-4,12H,2,5-6,19H2/t12-/m1/s1. The van der Waals surface area contributed by atoms with Gasteiger partial charge in [0.15, 0.2) is 9.84 Å². The number of nitriles is 1. The average Bonchev–Trinajstić information content (AvgIpc) is 2.46. The molecular formula is C15H12Cl2N2O3S. The topological polar surface area (TPSA) is 93.2 Å². The highest BCUT2D eigenvalue weighted by molar-refractivity contribution is 7.95. The van der Waals surface area contributed by atoms with Crippen LogP contribution >= 0.6 is 23.2 Å². The van der Waals surface area contributed by atoms with E-state index in [1.807, 2.05) is 6.07 Å². The Hall–Kier alpha value is -1.68. The third-order valence-electron chi connectivity index (χ3n) is 3.89. The summed E-state index contributed by atoms with van der Waals surface area (Å²) in [5.41, 5.74) is 6.19. The molecule has 1 aromatic carbocycles. The molecule has 0 fully saturated rings. The molecule has 1 aromatic rings. The summed E-state index contributed by atoms with van der Waals surface area (Å²) in [5.74, 6) is -0.778. The Morgan fingerprint density at radius 1 is 1.30 bits per heavy atom. The molecule has 0 spiro atoms. The predicted octanol–water partition coefficient (Wildman–Crippen LogP) is 3.22. The minimum absolute atomic E-state index is 0.00391. The molecule has 2 aliphatic rings. The van der Waals surface area contributed by atoms with E-state index in [9.17, 15) is 13.7 Å². The van der Waals surface area contributed by atoms with E-state index in [1.165, 1.54) is 0 Å². The van der Waals surface area contributed by atoms with Gasteiger partial charge < -0.3 is 10.5 Å². The van der Waals surface area contributed by atoms with Crippen LogP contribution in [0.15, 0.2) is 40.3 Å². The second-order valence-electron chi connectivity index (χ2n) is 5.27. The molecule has 0 unspecified atom stereocenters. The van der Waals surface area contributed by atoms with Crippen molar-refractivity contribution in [3.05, 3.63) is 55.9 Å². The molecule has 0 saturated carbocycles. The quantitative estimate of drug-likeness (QED) is 0.818. The molecule has 0 saturated heterocycles. The molecule has 23 heavy (non-hydrogen) atoms. The molecule has 3 rings (SSSR count). The van der Waals surface area contributed by atoms with E-state index < -0.39 is 15.8 Å². The third-order valence-corrected chi connectivity index (χ3v) is 6.50. The lowest BCUT2D eigenvalue weighted by molar-refractivity contribution is 0.265. The van der Waals surface area contributed by atoms with Crippen LogP contribution in [0.25, 0.3) is 0 Å². The maximum atomic E-state index is 12.6. The van der Waals surface area contributed by atoms with E-state index >= 15 is 0 Å². The molecule has 120 valence electrons. The average molecular weight is 371 g/mol. The highest BCUT2D eigenvalue weighted by Gasteiger charge is 2.43. The Balaban J connectivity index is 2.35. The van der Waals surface area contributed by atoms with Gasteiger partial charge in [0.2, 0.25) is 5.88 Å². The molecule has 5 nitrogen and oxygen atoms in total. The van der Waals surface area contributed by atoms with Crippen LogP contribution in [0, 0.1) is 11.3 Å². The molecule has 1 atom stereocenters. The fourth-order valence-corrected chi connectivity index (χ4v) is 5.36. The first kappa shape index (κ1) is 16.2. The zero-order valence-electron chi connectivity index (χ0n) is 11.8. The molecule has 0 radical (unpaired) electrons. The fraction of sp³-hybridized carbons (Fsp3) is 0.267. The number of hydrogen-bond donors (Lipinski definition) is 1. The molecule has 2 heterocycles. The second kappa shape index (κ2) is 5.75. The third kappa shape index (κ3) is 2.59. The molecule has 0 aromatic heterocycles. The molecule has 2 aliphatic heterocycles. The van der Waals surface area contributed by atoms with E-state index in [0.717, 1.165) is 0 Å². The zero-order valence-corrected chi connectivity index (χ0v) is 14.2. The van der Waals surface area contributed by atoms with Gasteiger partial charge in [0.05, 0.1) is 16.6 Å². The van der Waals surface area contributed by atoms with Gasteiger partial charge in [-0.15, -0.1) is 0 Å². The van der Waals surface area contributed by atoms with Crippen LogP contribution in [0.3, 0.4) is 0 Å². The minimum atomic E-state index is -3.58. The first-order valence-electron chi connectivity index (χ1n) is 6.84. The lowest BCUT2D eigenvalue weighted by atomic mass is 9.88. The lowest BCUT2D eigenvalue weighted by Gasteiger charge is -2.32. The number of nitrogens with zero attached hydrogens (tertiary/aromatic N) is 1. The molecular weight excluding hydrogens is 359 g/mol. The van der Waals surface area contributed by atoms with Crippen LogP contribution in [0.4, 0.5) is 0 Å². The van der Waals surface area contributed by atoms with Crippen molar-refractivity contribution in [3.8, 4) is 6.07 Å². The number of allylic oxidation sites excluding steroid dienone is 3. The van der Waals surface area contributed by atoms with Crippen molar-refractivity contribution in [1.82, 2.24) is 0 Å². The number of sulfone groups is 1. The van der Waals surface area contributed by atoms with Gasteiger partial charge in [-0.3, -0.25) is 0 Å². The molecule has 2 N–H and O–H groups in total. The summed E-state index contributed by atoms with van der Waals surface area (Å²) in [5, 5.41) is 10.0. The highest BCUT2D eigenvalue weighted by atomic mass is 35.5. The lowest BCUT2D eigenvalue weighted by Crippen LogP contribution is -2.29. The Kier molecular flexibility index (Phi) is 4.05. The van der Waals surface area contributed by atoms with Crippen molar-refractivity contribution < 1.29 is 13.2 Å². The van der Waals surface area contributed by atoms with Crippen LogP contribution in [0.1, 0.15) is 24.3 Å². The zero-order chi connectivity index (χ0) is 16.8. The number of nitrogens with two attached hydrogens (primary N) is 1. The largest absolute Gasteiger partial charge is 0.444 e. The summed E-state index contributed by atoms with van der Waals surface area (Å²) >= 11 is 12.5. The normalized spacial score (nSPS) is 23.1. The van der Waals surface area contributed by atoms with Crippen LogP contribution in [0.2, 0.25) is 10.0 Å². The van der Waals surface area contributed by atoms with E-state index in [1.54, 1.807) is 18.2 Å². The monoisotopic (exact) mass is 370 g/mol. The summed E-state index contributed by atoms with van der Waals surface area (Å²) < 4.78 is 30.6. The summed E-state index contributed by atoms with van der Waals surface area (Å²) in [7, 11) is -3.58. The SMILES string of the molecule is N#CC1=C(N)OC2=C([C@H]1c1c(Cl)cccc1Cl)S(=O)(=O)CCC2. The van der Waals surface area contributed by atoms with Crippen molar-refractivity contribution >= 4 is 33.0 Å². The molecule has 0 bridgehead atoms. The fourth-order valence-electron chi connectivity index (χ4n) is 2.91. The second-order valence-corrected chi connectivity index (χ2v) is 8.16. The summed E-state index contributed by atoms with van der Waals surface area (Å²) in [6.45, 7) is 0. The summed E-state index contributed by atoms with van der Waals surface area (Å²) in [4.78, 5) is 0.0458. The van der Waals surface area contributed by atoms with Crippen molar-refractivity contribution in [3.63, 3.8) is 0 Å². The van der Waals surface area contributed by atoms with Crippen LogP contribution < -0.4 is 5.73 Å². The van der Waals surface area contributed by atoms with Gasteiger partial charge in [-0.05, 0) is 18.6 Å². The van der Waals surface area contributed by atoms with E-state index in [4.69, 9.17) is 33.7 Å². The number of ether oxygens (including phenoxy) is 1. The van der Waals surface area contributed by atoms with Crippen molar-refractivity contribution in [2.24, 2.45) is 5.73 Å². The first-order valence-corrected chi connectivity index (χ1v) is 9.25. The van der Waals surface area contributed by atoms with Gasteiger partial charge in [0, 0.05) is 22.0 Å². The van der Waals surface area contributed by atoms with Crippen LogP contribution in [-0.2, 0) is 14.6 Å². The van der Waals surface area contributed by atoms with E-state index in [0.29, 0.717) is 18.4 Å². The van der Waals surface area contributed by atoms with Gasteiger partial charge in [-0.25, -0.2) is 8.42 Å². The van der Waals surface area contributed by atoms with Gasteiger partial charge in [0.25, 0.3) is 0 Å². The maximum absolute atomic E-state index is 12.6. The van der Waals surface area contributed by atoms with Gasteiger partial charge in [0.1, 0.15) is 17.4 Å². The van der Waals surface area contributed by atoms with E-state index in [2.05, 4.69) is 0 Å². The van der Waals surface area contributed by atoms with Gasteiger partial charge in [-0.2, -0.15) is 5.26 Å². The highest BCUT2D eigenvalue weighted by Crippen LogP contribution is 2.48. The predicted molar refractivity (Wildman–Crippen MR) is 87.2 cm³/mol. The summed E-state index contributed by atoms with van der Waals surface area (Å²) in [6, 6.07) is 6.78. The Morgan fingerprint density at radius 3 is 2.57 bits per heavy atom. The first-order chi connectivity index (χ1) is 10.9. The Bertz CT molecular complexity index is 878. The van der Waals surface area contributed by atoms with Gasteiger partial charge in [-0.1, -0.05) is 29.3 Å². The van der Waals surface area contributed by atoms with Crippen LogP contribution in [0.5, 0.6) is 0 Å². The minimum Gasteiger partial charge on any atom is -0.444 e. The Labute approximate surface area is 143 Å².